The predicted octanol–water partition coefficient (Wildman–Crippen LogP) is 5.79. The summed E-state index contributed by atoms with van der Waals surface area (Å²) in [7, 11) is 0. The Morgan fingerprint density at radius 3 is 2.65 bits per heavy atom. The fourth-order valence-electron chi connectivity index (χ4n) is 5.13. The maximum atomic E-state index is 11.8. The van der Waals surface area contributed by atoms with E-state index in [0.717, 1.165) is 33.8 Å². The first-order valence-corrected chi connectivity index (χ1v) is 15.3. The van der Waals surface area contributed by atoms with Gasteiger partial charge >= 0.3 is 5.97 Å². The van der Waals surface area contributed by atoms with Crippen LogP contribution >= 0.6 is 11.6 Å². The van der Waals surface area contributed by atoms with Gasteiger partial charge in [-0.05, 0) is 72.8 Å². The maximum Gasteiger partial charge on any atom is 0.320 e. The second kappa shape index (κ2) is 15.5. The summed E-state index contributed by atoms with van der Waals surface area (Å²) < 4.78 is 23.9. The third-order valence-corrected chi connectivity index (χ3v) is 7.94. The second-order valence-electron chi connectivity index (χ2n) is 10.8. The van der Waals surface area contributed by atoms with Gasteiger partial charge in [0, 0.05) is 36.1 Å². The molecule has 1 aliphatic heterocycles. The van der Waals surface area contributed by atoms with Gasteiger partial charge in [-0.15, -0.1) is 0 Å². The van der Waals surface area contributed by atoms with Crippen molar-refractivity contribution in [3.8, 4) is 40.2 Å². The summed E-state index contributed by atoms with van der Waals surface area (Å²) in [4.78, 5) is 15.9. The number of hydrogen-bond acceptors (Lipinski definition) is 9. The van der Waals surface area contributed by atoms with Crippen LogP contribution in [0.4, 0.5) is 0 Å². The number of ether oxygens (including phenoxy) is 4. The number of fused-ring (bicyclic) bond motifs is 1. The zero-order valence-electron chi connectivity index (χ0n) is 25.4. The first-order chi connectivity index (χ1) is 22.4. The van der Waals surface area contributed by atoms with Crippen molar-refractivity contribution in [2.75, 3.05) is 19.8 Å². The van der Waals surface area contributed by atoms with Crippen molar-refractivity contribution in [1.82, 2.24) is 10.3 Å². The normalized spacial score (nSPS) is 12.7. The van der Waals surface area contributed by atoms with Gasteiger partial charge in [-0.1, -0.05) is 35.9 Å². The van der Waals surface area contributed by atoms with E-state index in [4.69, 9.17) is 36.3 Å². The van der Waals surface area contributed by atoms with Crippen molar-refractivity contribution in [2.45, 2.75) is 45.6 Å². The Labute approximate surface area is 272 Å². The summed E-state index contributed by atoms with van der Waals surface area (Å²) >= 11 is 6.71. The van der Waals surface area contributed by atoms with Crippen LogP contribution in [0.25, 0.3) is 11.1 Å². The highest BCUT2D eigenvalue weighted by molar-refractivity contribution is 6.32. The number of carboxylic acid groups (broad SMARTS) is 1. The highest BCUT2D eigenvalue weighted by Gasteiger charge is 2.19. The van der Waals surface area contributed by atoms with E-state index in [1.807, 2.05) is 37.3 Å². The fourth-order valence-corrected chi connectivity index (χ4v) is 5.38. The van der Waals surface area contributed by atoms with Gasteiger partial charge in [-0.25, -0.2) is 0 Å². The minimum Gasteiger partial charge on any atom is -0.488 e. The number of nitrogens with two attached hydrogens (primary N) is 1. The molecule has 46 heavy (non-hydrogen) atoms. The van der Waals surface area contributed by atoms with E-state index < -0.39 is 12.0 Å². The molecule has 10 nitrogen and oxygen atoms in total. The number of pyridine rings is 1. The summed E-state index contributed by atoms with van der Waals surface area (Å²) in [5, 5.41) is 22.3. The molecular formula is C35H35ClN4O6. The molecule has 0 amide bonds. The van der Waals surface area contributed by atoms with Crippen molar-refractivity contribution in [3.63, 3.8) is 0 Å². The third-order valence-electron chi connectivity index (χ3n) is 7.65. The smallest absolute Gasteiger partial charge is 0.320 e. The number of rotatable bonds is 14. The largest absolute Gasteiger partial charge is 0.488 e. The Hall–Kier alpha value is -4.82. The molecule has 0 saturated carbocycles. The Balaban J connectivity index is 1.37. The quantitative estimate of drug-likeness (QED) is 0.154. The molecule has 11 heteroatoms. The van der Waals surface area contributed by atoms with Gasteiger partial charge < -0.3 is 35.1 Å². The molecule has 2 heterocycles. The van der Waals surface area contributed by atoms with Gasteiger partial charge in [0.05, 0.1) is 10.6 Å². The first kappa shape index (κ1) is 32.6. The number of aromatic nitrogens is 1. The molecule has 4 N–H and O–H groups in total. The summed E-state index contributed by atoms with van der Waals surface area (Å²) in [6, 6.07) is 18.4. The molecule has 5 rings (SSSR count). The van der Waals surface area contributed by atoms with Crippen LogP contribution in [0.2, 0.25) is 5.02 Å². The van der Waals surface area contributed by atoms with Crippen LogP contribution in [0.15, 0.2) is 67.0 Å². The molecule has 238 valence electrons. The van der Waals surface area contributed by atoms with Gasteiger partial charge in [-0.2, -0.15) is 5.26 Å². The molecule has 0 aliphatic carbocycles. The summed E-state index contributed by atoms with van der Waals surface area (Å²) in [5.74, 6) is 1.37. The lowest BCUT2D eigenvalue weighted by Gasteiger charge is -2.20. The number of nitrogens with zero attached hydrogens (tertiary/aromatic N) is 2. The Morgan fingerprint density at radius 2 is 1.87 bits per heavy atom. The molecule has 1 aromatic heterocycles. The Kier molecular flexibility index (Phi) is 10.9. The first-order valence-electron chi connectivity index (χ1n) is 14.9. The van der Waals surface area contributed by atoms with E-state index in [2.05, 4.69) is 22.4 Å². The number of halogens is 1. The zero-order valence-corrected chi connectivity index (χ0v) is 26.2. The summed E-state index contributed by atoms with van der Waals surface area (Å²) in [6.07, 6.45) is 4.05. The van der Waals surface area contributed by atoms with E-state index in [-0.39, 0.29) is 19.8 Å². The van der Waals surface area contributed by atoms with Crippen LogP contribution in [0, 0.1) is 18.3 Å². The Morgan fingerprint density at radius 1 is 1.07 bits per heavy atom. The average Bonchev–Trinajstić information content (AvgIpc) is 3.07. The lowest BCUT2D eigenvalue weighted by atomic mass is 9.96. The van der Waals surface area contributed by atoms with E-state index in [1.165, 1.54) is 6.20 Å². The van der Waals surface area contributed by atoms with Crippen LogP contribution in [0.3, 0.4) is 0 Å². The van der Waals surface area contributed by atoms with Crippen molar-refractivity contribution in [2.24, 2.45) is 5.73 Å². The van der Waals surface area contributed by atoms with E-state index >= 15 is 0 Å². The van der Waals surface area contributed by atoms with E-state index in [0.29, 0.717) is 65.8 Å². The maximum absolute atomic E-state index is 11.8. The van der Waals surface area contributed by atoms with Gasteiger partial charge in [-0.3, -0.25) is 9.78 Å². The van der Waals surface area contributed by atoms with Crippen LogP contribution in [-0.2, 0) is 24.6 Å². The van der Waals surface area contributed by atoms with Crippen LogP contribution in [0.1, 0.15) is 40.7 Å². The Bertz CT molecular complexity index is 1740. The molecule has 1 unspecified atom stereocenters. The molecule has 3 aromatic carbocycles. The van der Waals surface area contributed by atoms with Crippen LogP contribution in [-0.4, -0.2) is 41.9 Å². The topological polar surface area (TPSA) is 149 Å². The van der Waals surface area contributed by atoms with Crippen LogP contribution < -0.4 is 30.0 Å². The minimum atomic E-state index is -0.963. The van der Waals surface area contributed by atoms with Gasteiger partial charge in [0.1, 0.15) is 50.0 Å². The lowest BCUT2D eigenvalue weighted by molar-refractivity contribution is -0.139. The fraction of sp³-hybridized carbons (Fsp3) is 0.286. The van der Waals surface area contributed by atoms with Crippen molar-refractivity contribution < 1.29 is 28.8 Å². The average molecular weight is 643 g/mol. The number of nitrogens with one attached hydrogen (secondary N) is 1. The molecule has 0 fully saturated rings. The third kappa shape index (κ3) is 8.06. The molecule has 0 bridgehead atoms. The van der Waals surface area contributed by atoms with Crippen molar-refractivity contribution in [3.05, 3.63) is 99.8 Å². The van der Waals surface area contributed by atoms with Crippen LogP contribution in [0.5, 0.6) is 23.0 Å². The summed E-state index contributed by atoms with van der Waals surface area (Å²) in [5.41, 5.74) is 11.4. The van der Waals surface area contributed by atoms with E-state index in [9.17, 15) is 15.2 Å². The molecule has 0 saturated heterocycles. The number of hydrogen-bond donors (Lipinski definition) is 3. The zero-order chi connectivity index (χ0) is 32.5. The van der Waals surface area contributed by atoms with E-state index in [1.54, 1.807) is 24.4 Å². The molecule has 0 radical (unpaired) electrons. The monoisotopic (exact) mass is 642 g/mol. The highest BCUT2D eigenvalue weighted by atomic mass is 35.5. The molecule has 1 aliphatic rings. The standard InChI is InChI=1S/C35H35ClN4O6/c1-22-26(4-2-5-28(22)25-7-8-31-34(14-25)44-11-10-43-31)21-46-33-15-32(45-20-24-12-23(16-38)17-39-18-24)27(13-29(33)36)19-40-30(35(41)42)6-3-9-37/h2,4-5,7-8,12-15,17-18,30,40H,3,6,9-11,19-21,37H2,1H3,(H,41,42). The number of carboxylic acids is 1. The minimum absolute atomic E-state index is 0.128. The second-order valence-corrected chi connectivity index (χ2v) is 11.2. The lowest BCUT2D eigenvalue weighted by Crippen LogP contribution is -2.36. The molecule has 1 atom stereocenters. The van der Waals surface area contributed by atoms with Crippen molar-refractivity contribution in [1.29, 1.82) is 5.26 Å². The number of carbonyl (C=O) groups is 1. The van der Waals surface area contributed by atoms with Gasteiger partial charge in [0.25, 0.3) is 0 Å². The molecule has 4 aromatic rings. The van der Waals surface area contributed by atoms with Crippen molar-refractivity contribution >= 4 is 17.6 Å². The van der Waals surface area contributed by atoms with Gasteiger partial charge in [0.15, 0.2) is 11.5 Å². The predicted molar refractivity (Wildman–Crippen MR) is 173 cm³/mol. The van der Waals surface area contributed by atoms with Gasteiger partial charge in [0.2, 0.25) is 0 Å². The molecule has 0 spiro atoms. The number of aliphatic carboxylic acids is 1. The SMILES string of the molecule is Cc1c(COc2cc(OCc3cncc(C#N)c3)c(CNC(CCCN)C(=O)O)cc2Cl)cccc1-c1ccc2c(c1)OCCO2. The molecular weight excluding hydrogens is 608 g/mol. The highest BCUT2D eigenvalue weighted by Crippen LogP contribution is 2.37. The summed E-state index contributed by atoms with van der Waals surface area (Å²) in [6.45, 7) is 4.05. The number of benzene rings is 3. The number of nitriles is 1.